The second-order valence-electron chi connectivity index (χ2n) is 2.28. The van der Waals surface area contributed by atoms with E-state index in [-0.39, 0.29) is 19.8 Å². The molecule has 0 aromatic rings. The Hall–Kier alpha value is -0.154. The summed E-state index contributed by atoms with van der Waals surface area (Å²) in [5, 5.41) is 8.47. The van der Waals surface area contributed by atoms with Crippen LogP contribution in [-0.4, -0.2) is 30.9 Å². The number of allylic oxidation sites excluding steroid dienone is 1. The zero-order valence-electron chi connectivity index (χ0n) is 5.26. The average Bonchev–Trinajstić information content (AvgIpc) is 1.90. The molecule has 0 radical (unpaired) electrons. The summed E-state index contributed by atoms with van der Waals surface area (Å²) in [6, 6.07) is 0. The van der Waals surface area contributed by atoms with E-state index in [0.29, 0.717) is 5.57 Å². The van der Waals surface area contributed by atoms with Crippen molar-refractivity contribution in [2.24, 2.45) is 0 Å². The molecule has 1 aliphatic carbocycles. The number of hydrogen-bond donors (Lipinski definition) is 1. The molecule has 0 amide bonds. The van der Waals surface area contributed by atoms with Crippen molar-refractivity contribution < 1.29 is 9.90 Å². The summed E-state index contributed by atoms with van der Waals surface area (Å²) in [5.41, 5.74) is 0.598. The van der Waals surface area contributed by atoms with Crippen LogP contribution in [0.15, 0.2) is 11.6 Å². The normalized spacial score (nSPS) is 17.0. The fourth-order valence-electron chi connectivity index (χ4n) is 1.03. The summed E-state index contributed by atoms with van der Waals surface area (Å²) in [5.74, 6) is -0.741. The molecule has 56 valence electrons. The van der Waals surface area contributed by atoms with Crippen LogP contribution in [0, 0.1) is 0 Å². The van der Waals surface area contributed by atoms with Crippen molar-refractivity contribution in [1.82, 2.24) is 0 Å². The standard InChI is InChI=1S/C7H10O2.Ga.3H/c8-7(9)6-4-2-1-3-5-6;;;;/h4H,1-3,5H2,(H,8,9);;;;. The van der Waals surface area contributed by atoms with Crippen molar-refractivity contribution in [3.63, 3.8) is 0 Å². The van der Waals surface area contributed by atoms with E-state index in [1.165, 1.54) is 0 Å². The van der Waals surface area contributed by atoms with Crippen molar-refractivity contribution in [1.29, 1.82) is 0 Å². The Bertz CT molecular complexity index is 152. The first kappa shape index (κ1) is 9.85. The van der Waals surface area contributed by atoms with Crippen LogP contribution in [0.25, 0.3) is 0 Å². The van der Waals surface area contributed by atoms with Gasteiger partial charge in [-0.25, -0.2) is 4.79 Å². The fraction of sp³-hybridized carbons (Fsp3) is 0.571. The van der Waals surface area contributed by atoms with Gasteiger partial charge in [-0.3, -0.25) is 0 Å². The van der Waals surface area contributed by atoms with E-state index in [9.17, 15) is 4.79 Å². The molecule has 0 spiro atoms. The monoisotopic (exact) mass is 198 g/mol. The first-order valence-corrected chi connectivity index (χ1v) is 3.23. The average molecular weight is 199 g/mol. The first-order chi connectivity index (χ1) is 4.30. The number of carboxylic acid groups (broad SMARTS) is 1. The van der Waals surface area contributed by atoms with Gasteiger partial charge in [-0.2, -0.15) is 0 Å². The predicted octanol–water partition coefficient (Wildman–Crippen LogP) is 0.388. The van der Waals surface area contributed by atoms with Crippen molar-refractivity contribution in [2.75, 3.05) is 0 Å². The Morgan fingerprint density at radius 3 is 2.50 bits per heavy atom. The minimum atomic E-state index is -0.741. The Morgan fingerprint density at radius 1 is 1.50 bits per heavy atom. The van der Waals surface area contributed by atoms with E-state index >= 15 is 0 Å². The minimum absolute atomic E-state index is 0. The van der Waals surface area contributed by atoms with Crippen LogP contribution >= 0.6 is 0 Å². The molecular formula is C7H13GaO2. The van der Waals surface area contributed by atoms with Crippen molar-refractivity contribution >= 4 is 25.8 Å². The second kappa shape index (κ2) is 4.63. The van der Waals surface area contributed by atoms with Gasteiger partial charge in [-0.05, 0) is 25.7 Å². The molecule has 0 unspecified atom stereocenters. The van der Waals surface area contributed by atoms with Gasteiger partial charge >= 0.3 is 25.8 Å². The number of hydrogen-bond acceptors (Lipinski definition) is 1. The van der Waals surface area contributed by atoms with Crippen LogP contribution in [0.3, 0.4) is 0 Å². The van der Waals surface area contributed by atoms with Gasteiger partial charge < -0.3 is 5.11 Å². The van der Waals surface area contributed by atoms with Crippen LogP contribution in [0.2, 0.25) is 0 Å². The predicted molar refractivity (Wildman–Crippen MR) is 44.1 cm³/mol. The molecule has 1 N–H and O–H groups in total. The third-order valence-corrected chi connectivity index (χ3v) is 1.57. The quantitative estimate of drug-likeness (QED) is 0.620. The number of rotatable bonds is 1. The van der Waals surface area contributed by atoms with Crippen LogP contribution in [0.1, 0.15) is 25.7 Å². The van der Waals surface area contributed by atoms with E-state index < -0.39 is 5.97 Å². The molecule has 2 nitrogen and oxygen atoms in total. The maximum atomic E-state index is 10.3. The molecule has 0 atom stereocenters. The van der Waals surface area contributed by atoms with E-state index in [2.05, 4.69) is 0 Å². The molecule has 0 aromatic carbocycles. The number of aliphatic carboxylic acids is 1. The SMILES string of the molecule is O=C(O)C1=CCCCC1.[GaH3]. The fourth-order valence-corrected chi connectivity index (χ4v) is 1.03. The Balaban J connectivity index is 0.000000810. The molecule has 0 saturated heterocycles. The van der Waals surface area contributed by atoms with Crippen molar-refractivity contribution in [2.45, 2.75) is 25.7 Å². The Labute approximate surface area is 73.4 Å². The maximum absolute atomic E-state index is 10.3. The third kappa shape index (κ3) is 2.62. The Morgan fingerprint density at radius 2 is 2.20 bits per heavy atom. The van der Waals surface area contributed by atoms with Gasteiger partial charge in [0.15, 0.2) is 0 Å². The van der Waals surface area contributed by atoms with Gasteiger partial charge in [0.1, 0.15) is 0 Å². The van der Waals surface area contributed by atoms with E-state index in [0.717, 1.165) is 25.7 Å². The molecule has 0 aromatic heterocycles. The van der Waals surface area contributed by atoms with Crippen LogP contribution < -0.4 is 0 Å². The van der Waals surface area contributed by atoms with Crippen molar-refractivity contribution in [3.05, 3.63) is 11.6 Å². The van der Waals surface area contributed by atoms with Gasteiger partial charge in [-0.1, -0.05) is 6.08 Å². The van der Waals surface area contributed by atoms with E-state index in [4.69, 9.17) is 5.11 Å². The molecule has 0 fully saturated rings. The van der Waals surface area contributed by atoms with Crippen LogP contribution in [-0.2, 0) is 4.79 Å². The van der Waals surface area contributed by atoms with Gasteiger partial charge in [0.05, 0.1) is 0 Å². The molecule has 1 aliphatic rings. The summed E-state index contributed by atoms with van der Waals surface area (Å²) < 4.78 is 0. The molecule has 0 bridgehead atoms. The summed E-state index contributed by atoms with van der Waals surface area (Å²) in [4.78, 5) is 10.3. The van der Waals surface area contributed by atoms with E-state index in [1.807, 2.05) is 6.08 Å². The second-order valence-corrected chi connectivity index (χ2v) is 2.28. The molecule has 1 rings (SSSR count). The van der Waals surface area contributed by atoms with Crippen molar-refractivity contribution in [3.8, 4) is 0 Å². The molecule has 3 heteroatoms. The molecule has 0 saturated carbocycles. The van der Waals surface area contributed by atoms with E-state index in [1.54, 1.807) is 0 Å². The van der Waals surface area contributed by atoms with Gasteiger partial charge in [0, 0.05) is 5.57 Å². The van der Waals surface area contributed by atoms with Gasteiger partial charge in [0.2, 0.25) is 0 Å². The van der Waals surface area contributed by atoms with Crippen LogP contribution in [0.4, 0.5) is 0 Å². The molecule has 10 heavy (non-hydrogen) atoms. The summed E-state index contributed by atoms with van der Waals surface area (Å²) in [6.07, 6.45) is 5.72. The molecular weight excluding hydrogens is 186 g/mol. The topological polar surface area (TPSA) is 37.3 Å². The Kier molecular flexibility index (Phi) is 4.56. The zero-order valence-corrected chi connectivity index (χ0v) is 5.26. The summed E-state index contributed by atoms with van der Waals surface area (Å²) in [6.45, 7) is 0. The molecule has 0 aliphatic heterocycles. The van der Waals surface area contributed by atoms with Gasteiger partial charge in [0.25, 0.3) is 0 Å². The van der Waals surface area contributed by atoms with Crippen LogP contribution in [0.5, 0.6) is 0 Å². The summed E-state index contributed by atoms with van der Waals surface area (Å²) >= 11 is 0. The third-order valence-electron chi connectivity index (χ3n) is 1.57. The zero-order chi connectivity index (χ0) is 6.69. The first-order valence-electron chi connectivity index (χ1n) is 3.23. The number of carboxylic acids is 1. The summed E-state index contributed by atoms with van der Waals surface area (Å²) in [7, 11) is 0. The van der Waals surface area contributed by atoms with Gasteiger partial charge in [-0.15, -0.1) is 0 Å². The molecule has 0 heterocycles. The number of carbonyl (C=O) groups is 1.